The Hall–Kier alpha value is -2.60. The van der Waals surface area contributed by atoms with Crippen molar-refractivity contribution in [2.24, 2.45) is 5.92 Å². The molecule has 0 N–H and O–H groups in total. The molecule has 6 heteroatoms. The molecular weight excluding hydrogens is 376 g/mol. The molecule has 0 radical (unpaired) electrons. The molecule has 2 aromatic heterocycles. The van der Waals surface area contributed by atoms with Crippen LogP contribution in [0.25, 0.3) is 11.0 Å². The topological polar surface area (TPSA) is 65.7 Å². The number of carbonyl (C=O) groups is 1. The van der Waals surface area contributed by atoms with Crippen molar-refractivity contribution < 1.29 is 18.7 Å². The second-order valence-electron chi connectivity index (χ2n) is 7.11. The lowest BCUT2D eigenvalue weighted by Crippen LogP contribution is -2.10. The van der Waals surface area contributed by atoms with Crippen LogP contribution in [-0.4, -0.2) is 13.1 Å². The minimum Gasteiger partial charge on any atom is -0.497 e. The second kappa shape index (κ2) is 7.80. The van der Waals surface area contributed by atoms with Crippen LogP contribution in [0, 0.1) is 5.92 Å². The Morgan fingerprint density at radius 2 is 2.14 bits per heavy atom. The van der Waals surface area contributed by atoms with Gasteiger partial charge in [-0.1, -0.05) is 13.3 Å². The maximum Gasteiger partial charge on any atom is 0.348 e. The highest BCUT2D eigenvalue weighted by atomic mass is 32.1. The number of thiophene rings is 1. The number of fused-ring (bicyclic) bond motifs is 2. The van der Waals surface area contributed by atoms with Gasteiger partial charge in [-0.25, -0.2) is 9.59 Å². The fourth-order valence-corrected chi connectivity index (χ4v) is 4.82. The number of esters is 1. The molecule has 2 heterocycles. The molecular formula is C22H22O5S. The van der Waals surface area contributed by atoms with Crippen molar-refractivity contribution in [2.75, 3.05) is 7.11 Å². The number of rotatable bonds is 5. The number of carbonyl (C=O) groups excluding carboxylic acids is 1. The van der Waals surface area contributed by atoms with Gasteiger partial charge in [0, 0.05) is 28.0 Å². The first kappa shape index (κ1) is 18.7. The normalized spacial score (nSPS) is 16.0. The molecule has 0 amide bonds. The molecule has 146 valence electrons. The summed E-state index contributed by atoms with van der Waals surface area (Å²) in [5, 5.41) is 0.726. The molecule has 0 unspecified atom stereocenters. The molecule has 0 spiro atoms. The fourth-order valence-electron chi connectivity index (χ4n) is 3.72. The fraction of sp³-hybridized carbons (Fsp3) is 0.364. The van der Waals surface area contributed by atoms with Crippen molar-refractivity contribution in [3.8, 4) is 5.75 Å². The molecule has 0 aliphatic heterocycles. The van der Waals surface area contributed by atoms with Gasteiger partial charge >= 0.3 is 11.6 Å². The summed E-state index contributed by atoms with van der Waals surface area (Å²) < 4.78 is 15.9. The Morgan fingerprint density at radius 3 is 2.93 bits per heavy atom. The summed E-state index contributed by atoms with van der Waals surface area (Å²) in [6, 6.07) is 8.58. The third-order valence-corrected chi connectivity index (χ3v) is 6.58. The number of ether oxygens (including phenoxy) is 2. The molecule has 0 saturated heterocycles. The van der Waals surface area contributed by atoms with Gasteiger partial charge in [-0.3, -0.25) is 0 Å². The van der Waals surface area contributed by atoms with E-state index < -0.39 is 5.63 Å². The molecule has 4 rings (SSSR count). The van der Waals surface area contributed by atoms with E-state index in [9.17, 15) is 9.59 Å². The van der Waals surface area contributed by atoms with Crippen LogP contribution in [0.4, 0.5) is 0 Å². The first-order chi connectivity index (χ1) is 13.6. The Morgan fingerprint density at radius 1 is 1.29 bits per heavy atom. The lowest BCUT2D eigenvalue weighted by molar-refractivity contribution is 0.0479. The van der Waals surface area contributed by atoms with Gasteiger partial charge in [0.25, 0.3) is 0 Å². The molecule has 28 heavy (non-hydrogen) atoms. The highest BCUT2D eigenvalue weighted by Gasteiger charge is 2.22. The second-order valence-corrected chi connectivity index (χ2v) is 8.24. The first-order valence-electron chi connectivity index (χ1n) is 9.47. The maximum atomic E-state index is 12.6. The summed E-state index contributed by atoms with van der Waals surface area (Å²) in [7, 11) is 1.55. The molecule has 1 aliphatic carbocycles. The van der Waals surface area contributed by atoms with E-state index in [1.54, 1.807) is 25.3 Å². The summed E-state index contributed by atoms with van der Waals surface area (Å²) in [5.74, 6) is 0.958. The van der Waals surface area contributed by atoms with Crippen LogP contribution in [-0.2, 0) is 24.2 Å². The quantitative estimate of drug-likeness (QED) is 0.459. The minimum atomic E-state index is -0.482. The SMILES string of the molecule is CC[C@@H]1CCc2sc(C(=O)OCc3cc(=O)oc4cc(OC)ccc34)cc2C1. The number of aryl methyl sites for hydroxylation is 1. The lowest BCUT2D eigenvalue weighted by atomic mass is 9.87. The Kier molecular flexibility index (Phi) is 5.22. The average molecular weight is 398 g/mol. The van der Waals surface area contributed by atoms with Gasteiger partial charge in [-0.05, 0) is 48.9 Å². The monoisotopic (exact) mass is 398 g/mol. The summed E-state index contributed by atoms with van der Waals surface area (Å²) in [4.78, 5) is 26.4. The van der Waals surface area contributed by atoms with Crippen LogP contribution < -0.4 is 10.4 Å². The number of methoxy groups -OCH3 is 1. The van der Waals surface area contributed by atoms with Gasteiger partial charge in [0.15, 0.2) is 0 Å². The van der Waals surface area contributed by atoms with Crippen LogP contribution in [0.2, 0.25) is 0 Å². The van der Waals surface area contributed by atoms with Crippen molar-refractivity contribution in [2.45, 2.75) is 39.2 Å². The number of hydrogen-bond donors (Lipinski definition) is 0. The maximum absolute atomic E-state index is 12.6. The third-order valence-electron chi connectivity index (χ3n) is 5.36. The molecule has 1 atom stereocenters. The van der Waals surface area contributed by atoms with Gasteiger partial charge in [0.05, 0.1) is 7.11 Å². The van der Waals surface area contributed by atoms with E-state index in [0.717, 1.165) is 18.2 Å². The minimum absolute atomic E-state index is 0.0212. The predicted molar refractivity (Wildman–Crippen MR) is 108 cm³/mol. The molecule has 5 nitrogen and oxygen atoms in total. The predicted octanol–water partition coefficient (Wildman–Crippen LogP) is 4.74. The van der Waals surface area contributed by atoms with E-state index in [-0.39, 0.29) is 12.6 Å². The van der Waals surface area contributed by atoms with E-state index in [1.807, 2.05) is 6.07 Å². The zero-order valence-electron chi connectivity index (χ0n) is 15.9. The lowest BCUT2D eigenvalue weighted by Gasteiger charge is -2.19. The molecule has 1 aliphatic rings. The van der Waals surface area contributed by atoms with Gasteiger partial charge in [0.2, 0.25) is 0 Å². The van der Waals surface area contributed by atoms with Gasteiger partial charge < -0.3 is 13.9 Å². The molecule has 0 saturated carbocycles. The van der Waals surface area contributed by atoms with E-state index in [1.165, 1.54) is 40.7 Å². The summed E-state index contributed by atoms with van der Waals surface area (Å²) in [6.45, 7) is 2.24. The van der Waals surface area contributed by atoms with E-state index in [4.69, 9.17) is 13.9 Å². The third kappa shape index (κ3) is 3.69. The smallest absolute Gasteiger partial charge is 0.348 e. The van der Waals surface area contributed by atoms with Gasteiger partial charge in [0.1, 0.15) is 22.8 Å². The Labute approximate surface area is 166 Å². The van der Waals surface area contributed by atoms with Crippen LogP contribution in [0.5, 0.6) is 5.75 Å². The van der Waals surface area contributed by atoms with Crippen molar-refractivity contribution in [3.63, 3.8) is 0 Å². The van der Waals surface area contributed by atoms with E-state index in [0.29, 0.717) is 27.7 Å². The Balaban J connectivity index is 1.53. The van der Waals surface area contributed by atoms with Crippen molar-refractivity contribution in [1.29, 1.82) is 0 Å². The van der Waals surface area contributed by atoms with Crippen molar-refractivity contribution in [3.05, 3.63) is 61.6 Å². The first-order valence-corrected chi connectivity index (χ1v) is 10.3. The largest absolute Gasteiger partial charge is 0.497 e. The molecule has 3 aromatic rings. The molecule has 0 fully saturated rings. The van der Waals surface area contributed by atoms with Crippen LogP contribution >= 0.6 is 11.3 Å². The van der Waals surface area contributed by atoms with Crippen LogP contribution in [0.3, 0.4) is 0 Å². The number of benzene rings is 1. The van der Waals surface area contributed by atoms with Gasteiger partial charge in [-0.2, -0.15) is 0 Å². The summed E-state index contributed by atoms with van der Waals surface area (Å²) >= 11 is 1.53. The summed E-state index contributed by atoms with van der Waals surface area (Å²) in [5.41, 5.74) is 1.83. The van der Waals surface area contributed by atoms with Crippen LogP contribution in [0.1, 0.15) is 45.4 Å². The van der Waals surface area contributed by atoms with Gasteiger partial charge in [-0.15, -0.1) is 11.3 Å². The molecule has 0 bridgehead atoms. The highest BCUT2D eigenvalue weighted by molar-refractivity contribution is 7.14. The summed E-state index contributed by atoms with van der Waals surface area (Å²) in [6.07, 6.45) is 4.44. The van der Waals surface area contributed by atoms with E-state index >= 15 is 0 Å². The van der Waals surface area contributed by atoms with Crippen molar-refractivity contribution >= 4 is 28.3 Å². The van der Waals surface area contributed by atoms with Crippen molar-refractivity contribution in [1.82, 2.24) is 0 Å². The molecule has 1 aromatic carbocycles. The Bertz CT molecular complexity index is 1080. The zero-order valence-corrected chi connectivity index (χ0v) is 16.8. The van der Waals surface area contributed by atoms with E-state index in [2.05, 4.69) is 6.92 Å². The zero-order chi connectivity index (χ0) is 19.7. The standard InChI is InChI=1S/C22H22O5S/c1-3-13-4-7-19-14(8-13)9-20(28-19)22(24)26-12-15-10-21(23)27-18-11-16(25-2)5-6-17(15)18/h5-6,9-11,13H,3-4,7-8,12H2,1-2H3/t13-/m1/s1. The average Bonchev–Trinajstić information content (AvgIpc) is 3.14. The number of hydrogen-bond acceptors (Lipinski definition) is 6. The highest BCUT2D eigenvalue weighted by Crippen LogP contribution is 2.34. The van der Waals surface area contributed by atoms with Crippen LogP contribution in [0.15, 0.2) is 39.5 Å².